The summed E-state index contributed by atoms with van der Waals surface area (Å²) in [6.07, 6.45) is 1.80. The highest BCUT2D eigenvalue weighted by atomic mass is 32.1. The molecule has 0 aliphatic carbocycles. The molecule has 0 amide bonds. The maximum atomic E-state index is 11.2. The molecule has 2 rings (SSSR count). The largest absolute Gasteiger partial charge is 0.369 e. The number of anilines is 1. The number of thiazole rings is 1. The quantitative estimate of drug-likeness (QED) is 0.867. The highest BCUT2D eigenvalue weighted by molar-refractivity contribution is 7.09. The third-order valence-corrected chi connectivity index (χ3v) is 3.33. The average Bonchev–Trinajstić information content (AvgIpc) is 2.78. The second-order valence-electron chi connectivity index (χ2n) is 3.87. The molecule has 0 aromatic carbocycles. The van der Waals surface area contributed by atoms with Crippen LogP contribution in [-0.4, -0.2) is 21.5 Å². The second-order valence-corrected chi connectivity index (χ2v) is 4.79. The summed E-state index contributed by atoms with van der Waals surface area (Å²) < 4.78 is 0. The third kappa shape index (κ3) is 3.13. The third-order valence-electron chi connectivity index (χ3n) is 2.32. The number of hydrogen-bond acceptors (Lipinski definition) is 5. The molecule has 17 heavy (non-hydrogen) atoms. The Morgan fingerprint density at radius 2 is 2.41 bits per heavy atom. The van der Waals surface area contributed by atoms with Gasteiger partial charge in [-0.25, -0.2) is 9.97 Å². The van der Waals surface area contributed by atoms with E-state index >= 15 is 0 Å². The molecule has 2 aromatic heterocycles. The summed E-state index contributed by atoms with van der Waals surface area (Å²) in [6.45, 7) is 4.56. The SMILES string of the molecule is Cc1nc(NCC(C)c2nccs2)cc(=O)[nH]1. The van der Waals surface area contributed by atoms with E-state index in [4.69, 9.17) is 0 Å². The Hall–Kier alpha value is -1.69. The van der Waals surface area contributed by atoms with Gasteiger partial charge in [-0.1, -0.05) is 6.92 Å². The van der Waals surface area contributed by atoms with Crippen LogP contribution >= 0.6 is 11.3 Å². The maximum absolute atomic E-state index is 11.2. The van der Waals surface area contributed by atoms with Crippen LogP contribution in [0.2, 0.25) is 0 Å². The van der Waals surface area contributed by atoms with Gasteiger partial charge in [-0.05, 0) is 6.92 Å². The van der Waals surface area contributed by atoms with E-state index in [1.165, 1.54) is 6.07 Å². The van der Waals surface area contributed by atoms with E-state index in [0.717, 1.165) is 5.01 Å². The molecule has 0 radical (unpaired) electrons. The molecular formula is C11H14N4OS. The maximum Gasteiger partial charge on any atom is 0.252 e. The number of hydrogen-bond donors (Lipinski definition) is 2. The van der Waals surface area contributed by atoms with Crippen molar-refractivity contribution < 1.29 is 0 Å². The zero-order valence-corrected chi connectivity index (χ0v) is 10.5. The molecule has 2 N–H and O–H groups in total. The van der Waals surface area contributed by atoms with Crippen molar-refractivity contribution in [1.82, 2.24) is 15.0 Å². The minimum absolute atomic E-state index is 0.137. The van der Waals surface area contributed by atoms with Crippen LogP contribution in [0.4, 0.5) is 5.82 Å². The van der Waals surface area contributed by atoms with Crippen molar-refractivity contribution in [2.45, 2.75) is 19.8 Å². The number of nitrogens with one attached hydrogen (secondary N) is 2. The second kappa shape index (κ2) is 5.09. The summed E-state index contributed by atoms with van der Waals surface area (Å²) in [4.78, 5) is 22.3. The highest BCUT2D eigenvalue weighted by Gasteiger charge is 2.08. The summed E-state index contributed by atoms with van der Waals surface area (Å²) in [6, 6.07) is 1.46. The molecule has 0 saturated heterocycles. The fraction of sp³-hybridized carbons (Fsp3) is 0.364. The van der Waals surface area contributed by atoms with Crippen molar-refractivity contribution in [2.75, 3.05) is 11.9 Å². The topological polar surface area (TPSA) is 70.7 Å². The lowest BCUT2D eigenvalue weighted by molar-refractivity contribution is 0.789. The molecule has 5 nitrogen and oxygen atoms in total. The number of aromatic amines is 1. The molecule has 0 saturated carbocycles. The lowest BCUT2D eigenvalue weighted by atomic mass is 10.2. The van der Waals surface area contributed by atoms with Gasteiger partial charge in [0.25, 0.3) is 5.56 Å². The van der Waals surface area contributed by atoms with Gasteiger partial charge in [0.2, 0.25) is 0 Å². The molecule has 2 heterocycles. The fourth-order valence-electron chi connectivity index (χ4n) is 1.49. The van der Waals surface area contributed by atoms with E-state index in [1.54, 1.807) is 24.5 Å². The predicted molar refractivity (Wildman–Crippen MR) is 68.6 cm³/mol. The lowest BCUT2D eigenvalue weighted by Crippen LogP contribution is -2.15. The number of aryl methyl sites for hydroxylation is 1. The van der Waals surface area contributed by atoms with E-state index in [0.29, 0.717) is 24.1 Å². The molecule has 90 valence electrons. The van der Waals surface area contributed by atoms with Gasteiger partial charge in [-0.3, -0.25) is 4.79 Å². The van der Waals surface area contributed by atoms with Crippen LogP contribution in [0.25, 0.3) is 0 Å². The van der Waals surface area contributed by atoms with Gasteiger partial charge in [0.15, 0.2) is 0 Å². The van der Waals surface area contributed by atoms with E-state index in [9.17, 15) is 4.79 Å². The van der Waals surface area contributed by atoms with Gasteiger partial charge in [0.1, 0.15) is 11.6 Å². The average molecular weight is 250 g/mol. The summed E-state index contributed by atoms with van der Waals surface area (Å²) in [5.74, 6) is 1.52. The van der Waals surface area contributed by atoms with Crippen LogP contribution in [0.3, 0.4) is 0 Å². The van der Waals surface area contributed by atoms with Gasteiger partial charge in [-0.15, -0.1) is 11.3 Å². The Morgan fingerprint density at radius 1 is 1.59 bits per heavy atom. The molecular weight excluding hydrogens is 236 g/mol. The van der Waals surface area contributed by atoms with Crippen LogP contribution in [0.15, 0.2) is 22.4 Å². The molecule has 0 spiro atoms. The first kappa shape index (κ1) is 11.8. The number of nitrogens with zero attached hydrogens (tertiary/aromatic N) is 2. The van der Waals surface area contributed by atoms with Crippen molar-refractivity contribution in [3.63, 3.8) is 0 Å². The standard InChI is InChI=1S/C11H14N4OS/c1-7(11-12-3-4-17-11)6-13-9-5-10(16)15-8(2)14-9/h3-5,7H,6H2,1-2H3,(H2,13,14,15,16). The van der Waals surface area contributed by atoms with Gasteiger partial charge in [-0.2, -0.15) is 0 Å². The van der Waals surface area contributed by atoms with Gasteiger partial charge >= 0.3 is 0 Å². The van der Waals surface area contributed by atoms with Crippen LogP contribution in [0.5, 0.6) is 0 Å². The van der Waals surface area contributed by atoms with Crippen LogP contribution in [0, 0.1) is 6.92 Å². The summed E-state index contributed by atoms with van der Waals surface area (Å²) in [5.41, 5.74) is -0.137. The van der Waals surface area contributed by atoms with Crippen molar-refractivity contribution >= 4 is 17.2 Å². The first-order chi connectivity index (χ1) is 8.15. The predicted octanol–water partition coefficient (Wildman–Crippen LogP) is 1.75. The van der Waals surface area contributed by atoms with Crippen LogP contribution in [-0.2, 0) is 0 Å². The molecule has 0 aliphatic rings. The van der Waals surface area contributed by atoms with E-state index < -0.39 is 0 Å². The summed E-state index contributed by atoms with van der Waals surface area (Å²) in [5, 5.41) is 6.19. The Morgan fingerprint density at radius 3 is 3.06 bits per heavy atom. The van der Waals surface area contributed by atoms with E-state index in [2.05, 4.69) is 27.2 Å². The molecule has 6 heteroatoms. The van der Waals surface area contributed by atoms with Gasteiger partial charge < -0.3 is 10.3 Å². The first-order valence-corrected chi connectivity index (χ1v) is 6.24. The minimum Gasteiger partial charge on any atom is -0.369 e. The smallest absolute Gasteiger partial charge is 0.252 e. The van der Waals surface area contributed by atoms with Crippen molar-refractivity contribution in [3.05, 3.63) is 38.8 Å². The zero-order valence-electron chi connectivity index (χ0n) is 9.73. The first-order valence-electron chi connectivity index (χ1n) is 5.36. The van der Waals surface area contributed by atoms with Crippen molar-refractivity contribution in [2.24, 2.45) is 0 Å². The number of rotatable bonds is 4. The van der Waals surface area contributed by atoms with Crippen molar-refractivity contribution in [3.8, 4) is 0 Å². The Bertz CT molecular complexity index is 535. The molecule has 0 bridgehead atoms. The normalized spacial score (nSPS) is 12.4. The molecule has 2 aromatic rings. The highest BCUT2D eigenvalue weighted by Crippen LogP contribution is 2.17. The number of H-pyrrole nitrogens is 1. The zero-order chi connectivity index (χ0) is 12.3. The van der Waals surface area contributed by atoms with Crippen LogP contribution in [0.1, 0.15) is 23.7 Å². The van der Waals surface area contributed by atoms with Gasteiger partial charge in [0, 0.05) is 30.1 Å². The summed E-state index contributed by atoms with van der Waals surface area (Å²) in [7, 11) is 0. The molecule has 0 fully saturated rings. The lowest BCUT2D eigenvalue weighted by Gasteiger charge is -2.10. The van der Waals surface area contributed by atoms with Crippen molar-refractivity contribution in [1.29, 1.82) is 0 Å². The van der Waals surface area contributed by atoms with E-state index in [1.807, 2.05) is 5.38 Å². The molecule has 0 aliphatic heterocycles. The van der Waals surface area contributed by atoms with E-state index in [-0.39, 0.29) is 5.56 Å². The minimum atomic E-state index is -0.137. The monoisotopic (exact) mass is 250 g/mol. The summed E-state index contributed by atoms with van der Waals surface area (Å²) >= 11 is 1.63. The Balaban J connectivity index is 2.00. The fourth-order valence-corrected chi connectivity index (χ4v) is 2.19. The molecule has 1 unspecified atom stereocenters. The number of aromatic nitrogens is 3. The Kier molecular flexibility index (Phi) is 3.53. The Labute approximate surface area is 103 Å². The van der Waals surface area contributed by atoms with Gasteiger partial charge in [0.05, 0.1) is 5.01 Å². The molecule has 1 atom stereocenters. The van der Waals surface area contributed by atoms with Crippen LogP contribution < -0.4 is 10.9 Å².